The van der Waals surface area contributed by atoms with Gasteiger partial charge < -0.3 is 5.32 Å². The van der Waals surface area contributed by atoms with Crippen LogP contribution >= 0.6 is 0 Å². The fourth-order valence-electron chi connectivity index (χ4n) is 3.31. The zero-order valence-corrected chi connectivity index (χ0v) is 13.9. The predicted molar refractivity (Wildman–Crippen MR) is 93.5 cm³/mol. The number of rotatable bonds is 4. The number of carbonyl (C=O) groups excluding carboxylic acids is 1. The molecule has 2 aromatic carbocycles. The third-order valence-corrected chi connectivity index (χ3v) is 4.34. The molecule has 3 nitrogen and oxygen atoms in total. The van der Waals surface area contributed by atoms with Crippen molar-refractivity contribution in [3.05, 3.63) is 70.8 Å². The Hall–Kier alpha value is -2.13. The number of nitrogens with one attached hydrogen (secondary N) is 1. The first kappa shape index (κ1) is 15.8. The van der Waals surface area contributed by atoms with Crippen molar-refractivity contribution in [2.45, 2.75) is 32.9 Å². The van der Waals surface area contributed by atoms with E-state index >= 15 is 0 Å². The number of aryl methyl sites for hydroxylation is 2. The van der Waals surface area contributed by atoms with Crippen molar-refractivity contribution in [1.82, 2.24) is 10.2 Å². The Labute approximate surface area is 138 Å². The van der Waals surface area contributed by atoms with E-state index in [0.29, 0.717) is 0 Å². The van der Waals surface area contributed by atoms with E-state index in [2.05, 4.69) is 40.5 Å². The second kappa shape index (κ2) is 6.97. The monoisotopic (exact) mass is 308 g/mol. The van der Waals surface area contributed by atoms with Gasteiger partial charge in [0.05, 0.1) is 0 Å². The van der Waals surface area contributed by atoms with E-state index in [1.165, 1.54) is 5.56 Å². The highest BCUT2D eigenvalue weighted by atomic mass is 16.1. The van der Waals surface area contributed by atoms with E-state index in [1.807, 2.05) is 32.0 Å². The highest BCUT2D eigenvalue weighted by Gasteiger charge is 2.24. The lowest BCUT2D eigenvalue weighted by Gasteiger charge is -2.17. The van der Waals surface area contributed by atoms with Crippen LogP contribution in [0.5, 0.6) is 0 Å². The molecule has 0 spiro atoms. The summed E-state index contributed by atoms with van der Waals surface area (Å²) in [6.07, 6.45) is 1.02. The van der Waals surface area contributed by atoms with Crippen LogP contribution in [0.3, 0.4) is 0 Å². The first-order chi connectivity index (χ1) is 11.1. The summed E-state index contributed by atoms with van der Waals surface area (Å²) in [6.45, 7) is 6.97. The molecule has 1 fully saturated rings. The van der Waals surface area contributed by atoms with Gasteiger partial charge in [-0.3, -0.25) is 9.69 Å². The predicted octanol–water partition coefficient (Wildman–Crippen LogP) is 3.31. The molecule has 1 aliphatic heterocycles. The van der Waals surface area contributed by atoms with Crippen molar-refractivity contribution < 1.29 is 4.79 Å². The summed E-state index contributed by atoms with van der Waals surface area (Å²) in [6, 6.07) is 16.7. The van der Waals surface area contributed by atoms with E-state index in [0.717, 1.165) is 42.7 Å². The van der Waals surface area contributed by atoms with Crippen LogP contribution in [0.15, 0.2) is 48.5 Å². The molecule has 0 aromatic heterocycles. The van der Waals surface area contributed by atoms with Gasteiger partial charge in [0, 0.05) is 31.2 Å². The van der Waals surface area contributed by atoms with Crippen molar-refractivity contribution >= 4 is 5.91 Å². The molecule has 1 amide bonds. The summed E-state index contributed by atoms with van der Waals surface area (Å²) in [5.74, 6) is 0.0448. The Morgan fingerprint density at radius 1 is 1.13 bits per heavy atom. The van der Waals surface area contributed by atoms with Gasteiger partial charge in [0.25, 0.3) is 5.91 Å². The third kappa shape index (κ3) is 4.20. The first-order valence-electron chi connectivity index (χ1n) is 8.25. The molecule has 1 atom stereocenters. The Morgan fingerprint density at radius 2 is 1.83 bits per heavy atom. The van der Waals surface area contributed by atoms with E-state index in [1.54, 1.807) is 0 Å². The Bertz CT molecular complexity index is 661. The molecule has 0 radical (unpaired) electrons. The molecule has 1 N–H and O–H groups in total. The molecule has 1 unspecified atom stereocenters. The molecule has 0 bridgehead atoms. The fourth-order valence-corrected chi connectivity index (χ4v) is 3.31. The largest absolute Gasteiger partial charge is 0.348 e. The highest BCUT2D eigenvalue weighted by molar-refractivity contribution is 5.94. The van der Waals surface area contributed by atoms with Crippen LogP contribution in [-0.2, 0) is 6.54 Å². The molecule has 3 heteroatoms. The lowest BCUT2D eigenvalue weighted by molar-refractivity contribution is 0.0937. The number of amides is 1. The van der Waals surface area contributed by atoms with E-state index in [4.69, 9.17) is 0 Å². The van der Waals surface area contributed by atoms with Gasteiger partial charge in [-0.2, -0.15) is 0 Å². The normalized spacial score (nSPS) is 18.1. The molecule has 1 saturated heterocycles. The van der Waals surface area contributed by atoms with E-state index in [-0.39, 0.29) is 11.9 Å². The second-order valence-corrected chi connectivity index (χ2v) is 6.56. The average molecular weight is 308 g/mol. The quantitative estimate of drug-likeness (QED) is 0.940. The molecular weight excluding hydrogens is 284 g/mol. The maximum atomic E-state index is 12.4. The molecule has 2 aromatic rings. The Kier molecular flexibility index (Phi) is 4.77. The van der Waals surface area contributed by atoms with Crippen LogP contribution < -0.4 is 5.32 Å². The number of carbonyl (C=O) groups is 1. The molecule has 0 aliphatic carbocycles. The first-order valence-corrected chi connectivity index (χ1v) is 8.25. The minimum absolute atomic E-state index is 0.0448. The topological polar surface area (TPSA) is 32.3 Å². The van der Waals surface area contributed by atoms with Gasteiger partial charge in [0.15, 0.2) is 0 Å². The minimum Gasteiger partial charge on any atom is -0.348 e. The van der Waals surface area contributed by atoms with Crippen LogP contribution in [0.2, 0.25) is 0 Å². The van der Waals surface area contributed by atoms with Crippen molar-refractivity contribution in [2.24, 2.45) is 0 Å². The molecule has 1 aliphatic rings. The highest BCUT2D eigenvalue weighted by Crippen LogP contribution is 2.15. The molecule has 3 rings (SSSR count). The van der Waals surface area contributed by atoms with Crippen LogP contribution in [0.25, 0.3) is 0 Å². The zero-order chi connectivity index (χ0) is 16.2. The number of likely N-dealkylation sites (tertiary alicyclic amines) is 1. The lowest BCUT2D eigenvalue weighted by atomic mass is 10.1. The minimum atomic E-state index is 0.0448. The van der Waals surface area contributed by atoms with Crippen molar-refractivity contribution in [2.75, 3.05) is 13.1 Å². The third-order valence-electron chi connectivity index (χ3n) is 4.34. The number of hydrogen-bond acceptors (Lipinski definition) is 2. The number of hydrogen-bond donors (Lipinski definition) is 1. The van der Waals surface area contributed by atoms with Crippen LogP contribution in [0.4, 0.5) is 0 Å². The second-order valence-electron chi connectivity index (χ2n) is 6.56. The SMILES string of the molecule is Cc1cc(C)cc(C(=O)NC2CCN(Cc3ccccc3)C2)c1. The molecule has 0 saturated carbocycles. The summed E-state index contributed by atoms with van der Waals surface area (Å²) in [4.78, 5) is 14.8. The molecule has 23 heavy (non-hydrogen) atoms. The summed E-state index contributed by atoms with van der Waals surface area (Å²) >= 11 is 0. The van der Waals surface area contributed by atoms with Crippen LogP contribution in [0, 0.1) is 13.8 Å². The standard InChI is InChI=1S/C20H24N2O/c1-15-10-16(2)12-18(11-15)20(23)21-19-8-9-22(14-19)13-17-6-4-3-5-7-17/h3-7,10-12,19H,8-9,13-14H2,1-2H3,(H,21,23). The van der Waals surface area contributed by atoms with Crippen molar-refractivity contribution in [3.63, 3.8) is 0 Å². The van der Waals surface area contributed by atoms with Gasteiger partial charge in [-0.15, -0.1) is 0 Å². The fraction of sp³-hybridized carbons (Fsp3) is 0.350. The zero-order valence-electron chi connectivity index (χ0n) is 13.9. The smallest absolute Gasteiger partial charge is 0.251 e. The van der Waals surface area contributed by atoms with Gasteiger partial charge in [-0.1, -0.05) is 47.5 Å². The van der Waals surface area contributed by atoms with Crippen molar-refractivity contribution in [1.29, 1.82) is 0 Å². The van der Waals surface area contributed by atoms with Gasteiger partial charge in [-0.25, -0.2) is 0 Å². The van der Waals surface area contributed by atoms with Crippen molar-refractivity contribution in [3.8, 4) is 0 Å². The molecule has 1 heterocycles. The van der Waals surface area contributed by atoms with Gasteiger partial charge >= 0.3 is 0 Å². The van der Waals surface area contributed by atoms with Crippen LogP contribution in [-0.4, -0.2) is 29.9 Å². The molecular formula is C20H24N2O. The summed E-state index contributed by atoms with van der Waals surface area (Å²) in [5.41, 5.74) is 4.36. The van der Waals surface area contributed by atoms with Crippen LogP contribution in [0.1, 0.15) is 33.5 Å². The maximum absolute atomic E-state index is 12.4. The lowest BCUT2D eigenvalue weighted by Crippen LogP contribution is -2.37. The van der Waals surface area contributed by atoms with E-state index in [9.17, 15) is 4.79 Å². The van der Waals surface area contributed by atoms with Gasteiger partial charge in [0.1, 0.15) is 0 Å². The summed E-state index contributed by atoms with van der Waals surface area (Å²) in [7, 11) is 0. The van der Waals surface area contributed by atoms with E-state index < -0.39 is 0 Å². The Morgan fingerprint density at radius 3 is 2.52 bits per heavy atom. The maximum Gasteiger partial charge on any atom is 0.251 e. The summed E-state index contributed by atoms with van der Waals surface area (Å²) in [5, 5.41) is 3.18. The average Bonchev–Trinajstić information content (AvgIpc) is 2.94. The Balaban J connectivity index is 1.56. The number of benzene rings is 2. The van der Waals surface area contributed by atoms with Gasteiger partial charge in [-0.05, 0) is 38.0 Å². The molecule has 120 valence electrons. The summed E-state index contributed by atoms with van der Waals surface area (Å²) < 4.78 is 0. The van der Waals surface area contributed by atoms with Gasteiger partial charge in [0.2, 0.25) is 0 Å². The number of nitrogens with zero attached hydrogens (tertiary/aromatic N) is 1.